The van der Waals surface area contributed by atoms with Gasteiger partial charge >= 0.3 is 0 Å². The first kappa shape index (κ1) is 16.5. The van der Waals surface area contributed by atoms with Gasteiger partial charge in [-0.25, -0.2) is 0 Å². The lowest BCUT2D eigenvalue weighted by Gasteiger charge is -2.33. The van der Waals surface area contributed by atoms with E-state index >= 15 is 0 Å². The molecule has 0 aliphatic carbocycles. The molecule has 1 amide bonds. The summed E-state index contributed by atoms with van der Waals surface area (Å²) in [5.41, 5.74) is -0.360. The molecule has 0 aromatic heterocycles. The van der Waals surface area contributed by atoms with E-state index in [2.05, 4.69) is 51.8 Å². The smallest absolute Gasteiger partial charge is 0.244 e. The molecule has 0 aromatic carbocycles. The van der Waals surface area contributed by atoms with Crippen LogP contribution in [0.4, 0.5) is 0 Å². The summed E-state index contributed by atoms with van der Waals surface area (Å²) in [5.74, 6) is 0.909. The monoisotopic (exact) mass is 268 g/mol. The SMILES string of the molecule is CCCC(CC)N1C(=O)C(C)(CC)NC1CC(C)C. The van der Waals surface area contributed by atoms with Gasteiger partial charge in [-0.1, -0.05) is 41.0 Å². The van der Waals surface area contributed by atoms with Gasteiger partial charge in [-0.2, -0.15) is 0 Å². The number of rotatable bonds is 7. The van der Waals surface area contributed by atoms with Crippen LogP contribution in [0.3, 0.4) is 0 Å². The zero-order valence-corrected chi connectivity index (χ0v) is 13.6. The average molecular weight is 268 g/mol. The number of hydrogen-bond acceptors (Lipinski definition) is 2. The number of nitrogens with one attached hydrogen (secondary N) is 1. The first-order valence-electron chi connectivity index (χ1n) is 8.00. The van der Waals surface area contributed by atoms with E-state index in [0.29, 0.717) is 17.9 Å². The zero-order valence-electron chi connectivity index (χ0n) is 13.6. The highest BCUT2D eigenvalue weighted by atomic mass is 16.2. The number of hydrogen-bond donors (Lipinski definition) is 1. The number of amides is 1. The predicted molar refractivity (Wildman–Crippen MR) is 80.9 cm³/mol. The lowest BCUT2D eigenvalue weighted by Crippen LogP contribution is -2.45. The van der Waals surface area contributed by atoms with E-state index in [1.165, 1.54) is 0 Å². The Bertz CT molecular complexity index is 303. The minimum Gasteiger partial charge on any atom is -0.323 e. The second-order valence-electron chi connectivity index (χ2n) is 6.54. The summed E-state index contributed by atoms with van der Waals surface area (Å²) in [7, 11) is 0. The van der Waals surface area contributed by atoms with Crippen molar-refractivity contribution in [3.63, 3.8) is 0 Å². The summed E-state index contributed by atoms with van der Waals surface area (Å²) < 4.78 is 0. The molecule has 19 heavy (non-hydrogen) atoms. The lowest BCUT2D eigenvalue weighted by atomic mass is 9.98. The van der Waals surface area contributed by atoms with Crippen molar-refractivity contribution in [3.05, 3.63) is 0 Å². The molecule has 1 fully saturated rings. The molecule has 112 valence electrons. The number of carbonyl (C=O) groups excluding carboxylic acids is 1. The van der Waals surface area contributed by atoms with E-state index in [1.807, 2.05) is 0 Å². The van der Waals surface area contributed by atoms with Gasteiger partial charge in [0.1, 0.15) is 0 Å². The molecule has 0 saturated carbocycles. The van der Waals surface area contributed by atoms with Crippen molar-refractivity contribution in [2.45, 2.75) is 91.4 Å². The van der Waals surface area contributed by atoms with Crippen LogP contribution >= 0.6 is 0 Å². The molecule has 3 nitrogen and oxygen atoms in total. The van der Waals surface area contributed by atoms with Gasteiger partial charge in [0.2, 0.25) is 5.91 Å². The minimum absolute atomic E-state index is 0.217. The molecule has 1 rings (SSSR count). The van der Waals surface area contributed by atoms with Crippen LogP contribution in [0.1, 0.15) is 73.6 Å². The van der Waals surface area contributed by atoms with E-state index in [0.717, 1.165) is 32.1 Å². The zero-order chi connectivity index (χ0) is 14.6. The molecule has 1 aliphatic heterocycles. The Labute approximate surface area is 119 Å². The Hall–Kier alpha value is -0.570. The third kappa shape index (κ3) is 3.50. The highest BCUT2D eigenvalue weighted by molar-refractivity contribution is 5.88. The van der Waals surface area contributed by atoms with Gasteiger partial charge in [0.25, 0.3) is 0 Å². The highest BCUT2D eigenvalue weighted by Crippen LogP contribution is 2.30. The molecule has 0 radical (unpaired) electrons. The lowest BCUT2D eigenvalue weighted by molar-refractivity contribution is -0.135. The Morgan fingerprint density at radius 3 is 2.37 bits per heavy atom. The molecule has 3 atom stereocenters. The van der Waals surface area contributed by atoms with Crippen LogP contribution < -0.4 is 5.32 Å². The number of nitrogens with zero attached hydrogens (tertiary/aromatic N) is 1. The first-order chi connectivity index (χ1) is 8.89. The Balaban J connectivity index is 2.96. The molecule has 3 heteroatoms. The summed E-state index contributed by atoms with van der Waals surface area (Å²) in [6, 6.07) is 0.391. The molecule has 0 bridgehead atoms. The number of carbonyl (C=O) groups is 1. The topological polar surface area (TPSA) is 32.3 Å². The van der Waals surface area contributed by atoms with Crippen LogP contribution in [0, 0.1) is 5.92 Å². The van der Waals surface area contributed by atoms with Gasteiger partial charge in [-0.15, -0.1) is 0 Å². The molecule has 1 aliphatic rings. The molecule has 1 N–H and O–H groups in total. The second-order valence-corrected chi connectivity index (χ2v) is 6.54. The summed E-state index contributed by atoms with van der Waals surface area (Å²) in [4.78, 5) is 14.9. The second kappa shape index (κ2) is 6.74. The fourth-order valence-corrected chi connectivity index (χ4v) is 3.09. The molecule has 1 saturated heterocycles. The van der Waals surface area contributed by atoms with Crippen molar-refractivity contribution < 1.29 is 4.79 Å². The van der Waals surface area contributed by atoms with Crippen LogP contribution in [-0.2, 0) is 4.79 Å². The van der Waals surface area contributed by atoms with E-state index in [-0.39, 0.29) is 11.7 Å². The van der Waals surface area contributed by atoms with Crippen molar-refractivity contribution in [2.75, 3.05) is 0 Å². The highest BCUT2D eigenvalue weighted by Gasteiger charge is 2.48. The van der Waals surface area contributed by atoms with Gasteiger partial charge in [0.05, 0.1) is 11.7 Å². The van der Waals surface area contributed by atoms with E-state index < -0.39 is 0 Å². The largest absolute Gasteiger partial charge is 0.323 e. The van der Waals surface area contributed by atoms with Crippen LogP contribution in [0.2, 0.25) is 0 Å². The van der Waals surface area contributed by atoms with E-state index in [4.69, 9.17) is 0 Å². The van der Waals surface area contributed by atoms with Crippen molar-refractivity contribution in [2.24, 2.45) is 5.92 Å². The molecular weight excluding hydrogens is 236 g/mol. The standard InChI is InChI=1S/C16H32N2O/c1-7-10-13(8-2)18-14(11-12(4)5)17-16(6,9-3)15(18)19/h12-14,17H,7-11H2,1-6H3. The summed E-state index contributed by atoms with van der Waals surface area (Å²) in [5, 5.41) is 3.60. The maximum absolute atomic E-state index is 12.8. The van der Waals surface area contributed by atoms with Crippen molar-refractivity contribution >= 4 is 5.91 Å². The maximum atomic E-state index is 12.8. The Kier molecular flexibility index (Phi) is 5.84. The third-order valence-electron chi connectivity index (χ3n) is 4.42. The fraction of sp³-hybridized carbons (Fsp3) is 0.938. The van der Waals surface area contributed by atoms with Gasteiger partial charge in [0, 0.05) is 6.04 Å². The average Bonchev–Trinajstić information content (AvgIpc) is 2.59. The molecule has 3 unspecified atom stereocenters. The van der Waals surface area contributed by atoms with Gasteiger partial charge in [-0.05, 0) is 38.5 Å². The van der Waals surface area contributed by atoms with Gasteiger partial charge in [-0.3, -0.25) is 10.1 Å². The quantitative estimate of drug-likeness (QED) is 0.766. The van der Waals surface area contributed by atoms with E-state index in [9.17, 15) is 4.79 Å². The van der Waals surface area contributed by atoms with Crippen molar-refractivity contribution in [1.29, 1.82) is 0 Å². The Morgan fingerprint density at radius 2 is 1.95 bits per heavy atom. The summed E-state index contributed by atoms with van der Waals surface area (Å²) in [6.07, 6.45) is 5.42. The van der Waals surface area contributed by atoms with E-state index in [1.54, 1.807) is 0 Å². The molecule has 0 spiro atoms. The van der Waals surface area contributed by atoms with Crippen LogP contribution in [0.15, 0.2) is 0 Å². The predicted octanol–water partition coefficient (Wildman–Crippen LogP) is 3.54. The fourth-order valence-electron chi connectivity index (χ4n) is 3.09. The van der Waals surface area contributed by atoms with Crippen molar-refractivity contribution in [1.82, 2.24) is 10.2 Å². The van der Waals surface area contributed by atoms with Gasteiger partial charge < -0.3 is 4.90 Å². The van der Waals surface area contributed by atoms with Crippen LogP contribution in [0.5, 0.6) is 0 Å². The normalized spacial score (nSPS) is 29.3. The maximum Gasteiger partial charge on any atom is 0.244 e. The summed E-state index contributed by atoms with van der Waals surface area (Å²) >= 11 is 0. The minimum atomic E-state index is -0.360. The van der Waals surface area contributed by atoms with Crippen molar-refractivity contribution in [3.8, 4) is 0 Å². The summed E-state index contributed by atoms with van der Waals surface area (Å²) in [6.45, 7) is 13.0. The molecular formula is C16H32N2O. The molecule has 0 aromatic rings. The van der Waals surface area contributed by atoms with Crippen LogP contribution in [-0.4, -0.2) is 28.6 Å². The van der Waals surface area contributed by atoms with Crippen LogP contribution in [0.25, 0.3) is 0 Å². The Morgan fingerprint density at radius 1 is 1.32 bits per heavy atom. The van der Waals surface area contributed by atoms with Gasteiger partial charge in [0.15, 0.2) is 0 Å². The molecule has 1 heterocycles. The third-order valence-corrected chi connectivity index (χ3v) is 4.42. The first-order valence-corrected chi connectivity index (χ1v) is 8.00.